The summed E-state index contributed by atoms with van der Waals surface area (Å²) >= 11 is 6.61. The number of nitrogens with one attached hydrogen (secondary N) is 1. The van der Waals surface area contributed by atoms with Crippen molar-refractivity contribution in [3.8, 4) is 0 Å². The Morgan fingerprint density at radius 2 is 2.24 bits per heavy atom. The van der Waals surface area contributed by atoms with E-state index in [-0.39, 0.29) is 11.3 Å². The lowest BCUT2D eigenvalue weighted by atomic mass is 9.88. The van der Waals surface area contributed by atoms with Gasteiger partial charge in [-0.15, -0.1) is 0 Å². The molecule has 0 atom stereocenters. The Morgan fingerprint density at radius 3 is 2.76 bits per heavy atom. The van der Waals surface area contributed by atoms with Crippen LogP contribution in [0.2, 0.25) is 0 Å². The van der Waals surface area contributed by atoms with Crippen molar-refractivity contribution in [1.29, 1.82) is 0 Å². The second-order valence-electron chi connectivity index (χ2n) is 4.75. The second kappa shape index (κ2) is 6.59. The maximum absolute atomic E-state index is 11.8. The normalized spacial score (nSPS) is 11.5. The summed E-state index contributed by atoms with van der Waals surface area (Å²) in [5.74, 6) is -0.0995. The highest BCUT2D eigenvalue weighted by Crippen LogP contribution is 2.22. The fraction of sp³-hybridized carbons (Fsp3) is 0.583. The van der Waals surface area contributed by atoms with E-state index >= 15 is 0 Å². The van der Waals surface area contributed by atoms with Gasteiger partial charge in [-0.25, -0.2) is 0 Å². The molecule has 0 spiro atoms. The summed E-state index contributed by atoms with van der Waals surface area (Å²) in [4.78, 5) is 11.8. The highest BCUT2D eigenvalue weighted by molar-refractivity contribution is 9.10. The summed E-state index contributed by atoms with van der Waals surface area (Å²) in [6.07, 6.45) is 3.68. The summed E-state index contributed by atoms with van der Waals surface area (Å²) in [5.41, 5.74) is 0.654. The minimum Gasteiger partial charge on any atom is -0.457 e. The predicted molar refractivity (Wildman–Crippen MR) is 75.6 cm³/mol. The lowest BCUT2D eigenvalue weighted by molar-refractivity contribution is 0.0933. The smallest absolute Gasteiger partial charge is 0.255 e. The van der Waals surface area contributed by atoms with E-state index in [1.54, 1.807) is 6.07 Å². The van der Waals surface area contributed by atoms with Crippen LogP contribution in [0.3, 0.4) is 0 Å². The Bertz CT molecular complexity index is 374. The lowest BCUT2D eigenvalue weighted by Gasteiger charge is -2.24. The molecule has 0 saturated carbocycles. The molecule has 0 radical (unpaired) electrons. The van der Waals surface area contributed by atoms with Crippen molar-refractivity contribution in [3.63, 3.8) is 0 Å². The van der Waals surface area contributed by atoms with Gasteiger partial charge in [-0.3, -0.25) is 4.79 Å². The Morgan fingerprint density at radius 1 is 1.53 bits per heavy atom. The summed E-state index contributed by atoms with van der Waals surface area (Å²) in [6.45, 7) is 4.97. The zero-order valence-electron chi connectivity index (χ0n) is 10.1. The number of hydrogen-bond donors (Lipinski definition) is 1. The van der Waals surface area contributed by atoms with Crippen molar-refractivity contribution in [2.45, 2.75) is 26.7 Å². The highest BCUT2D eigenvalue weighted by atomic mass is 79.9. The maximum Gasteiger partial charge on any atom is 0.255 e. The summed E-state index contributed by atoms with van der Waals surface area (Å²) in [7, 11) is 0. The van der Waals surface area contributed by atoms with Gasteiger partial charge in [-0.2, -0.15) is 0 Å². The highest BCUT2D eigenvalue weighted by Gasteiger charge is 2.20. The van der Waals surface area contributed by atoms with Gasteiger partial charge >= 0.3 is 0 Å². The molecule has 0 bridgehead atoms. The van der Waals surface area contributed by atoms with Crippen LogP contribution in [-0.4, -0.2) is 17.8 Å². The third kappa shape index (κ3) is 4.84. The number of rotatable bonds is 6. The number of alkyl halides is 1. The first-order valence-corrected chi connectivity index (χ1v) is 7.45. The van der Waals surface area contributed by atoms with E-state index in [0.717, 1.165) is 18.2 Å². The van der Waals surface area contributed by atoms with Crippen LogP contribution in [-0.2, 0) is 0 Å². The van der Waals surface area contributed by atoms with Gasteiger partial charge in [0.15, 0.2) is 4.67 Å². The zero-order valence-corrected chi connectivity index (χ0v) is 13.2. The summed E-state index contributed by atoms with van der Waals surface area (Å²) in [5, 5.41) is 3.93. The van der Waals surface area contributed by atoms with Gasteiger partial charge in [0.1, 0.15) is 0 Å². The molecule has 1 heterocycles. The summed E-state index contributed by atoms with van der Waals surface area (Å²) < 4.78 is 5.51. The van der Waals surface area contributed by atoms with Crippen molar-refractivity contribution in [2.24, 2.45) is 5.41 Å². The van der Waals surface area contributed by atoms with Crippen molar-refractivity contribution in [3.05, 3.63) is 22.6 Å². The van der Waals surface area contributed by atoms with Crippen LogP contribution >= 0.6 is 31.9 Å². The molecule has 0 fully saturated rings. The lowest BCUT2D eigenvalue weighted by Crippen LogP contribution is -2.34. The van der Waals surface area contributed by atoms with E-state index in [9.17, 15) is 4.79 Å². The van der Waals surface area contributed by atoms with Crippen LogP contribution < -0.4 is 5.32 Å². The van der Waals surface area contributed by atoms with Gasteiger partial charge in [0.25, 0.3) is 5.91 Å². The second-order valence-corrected chi connectivity index (χ2v) is 6.26. The summed E-state index contributed by atoms with van der Waals surface area (Å²) in [6, 6.07) is 1.66. The van der Waals surface area contributed by atoms with Crippen molar-refractivity contribution < 1.29 is 9.21 Å². The van der Waals surface area contributed by atoms with Crippen LogP contribution in [0.5, 0.6) is 0 Å². The number of carbonyl (C=O) groups excluding carboxylic acids is 1. The van der Waals surface area contributed by atoms with Gasteiger partial charge in [0.05, 0.1) is 11.8 Å². The SMILES string of the molecule is CC(C)(CCCBr)CNC(=O)c1ccoc1Br. The van der Waals surface area contributed by atoms with E-state index < -0.39 is 0 Å². The third-order valence-corrected chi connectivity index (χ3v) is 3.75. The van der Waals surface area contributed by atoms with E-state index in [0.29, 0.717) is 16.8 Å². The Labute approximate surface area is 119 Å². The number of carbonyl (C=O) groups is 1. The fourth-order valence-electron chi connectivity index (χ4n) is 1.50. The van der Waals surface area contributed by atoms with Crippen LogP contribution in [0.15, 0.2) is 21.4 Å². The molecule has 0 saturated heterocycles. The zero-order chi connectivity index (χ0) is 12.9. The Balaban J connectivity index is 2.45. The quantitative estimate of drug-likeness (QED) is 0.774. The molecule has 0 aliphatic rings. The molecular formula is C12H17Br2NO2. The molecule has 1 rings (SSSR count). The molecule has 0 aliphatic heterocycles. The molecule has 96 valence electrons. The Kier molecular flexibility index (Phi) is 5.73. The molecular weight excluding hydrogens is 350 g/mol. The molecule has 5 heteroatoms. The average Bonchev–Trinajstić information content (AvgIpc) is 2.70. The number of amides is 1. The van der Waals surface area contributed by atoms with E-state index in [4.69, 9.17) is 4.42 Å². The molecule has 1 N–H and O–H groups in total. The van der Waals surface area contributed by atoms with Crippen molar-refractivity contribution in [1.82, 2.24) is 5.32 Å². The molecule has 0 aromatic carbocycles. The molecule has 0 unspecified atom stereocenters. The maximum atomic E-state index is 11.8. The van der Waals surface area contributed by atoms with E-state index in [2.05, 4.69) is 51.0 Å². The predicted octanol–water partition coefficient (Wildman–Crippen LogP) is 3.97. The first-order chi connectivity index (χ1) is 7.96. The largest absolute Gasteiger partial charge is 0.457 e. The van der Waals surface area contributed by atoms with Crippen LogP contribution in [0.1, 0.15) is 37.0 Å². The third-order valence-electron chi connectivity index (χ3n) is 2.58. The van der Waals surface area contributed by atoms with Crippen LogP contribution in [0.25, 0.3) is 0 Å². The number of furan rings is 1. The van der Waals surface area contributed by atoms with Gasteiger partial charge in [0.2, 0.25) is 0 Å². The number of hydrogen-bond acceptors (Lipinski definition) is 2. The molecule has 17 heavy (non-hydrogen) atoms. The average molecular weight is 367 g/mol. The van der Waals surface area contributed by atoms with Crippen LogP contribution in [0.4, 0.5) is 0 Å². The standard InChI is InChI=1S/C12H17Br2NO2/c1-12(2,5-3-6-13)8-15-11(16)9-4-7-17-10(9)14/h4,7H,3,5-6,8H2,1-2H3,(H,15,16). The van der Waals surface area contributed by atoms with Gasteiger partial charge in [-0.05, 0) is 40.3 Å². The molecule has 1 amide bonds. The first-order valence-electron chi connectivity index (χ1n) is 5.53. The van der Waals surface area contributed by atoms with E-state index in [1.807, 2.05) is 0 Å². The topological polar surface area (TPSA) is 42.2 Å². The van der Waals surface area contributed by atoms with Crippen molar-refractivity contribution >= 4 is 37.8 Å². The monoisotopic (exact) mass is 365 g/mol. The minimum absolute atomic E-state index is 0.0995. The molecule has 0 aliphatic carbocycles. The van der Waals surface area contributed by atoms with E-state index in [1.165, 1.54) is 6.26 Å². The van der Waals surface area contributed by atoms with Gasteiger partial charge in [-0.1, -0.05) is 29.8 Å². The van der Waals surface area contributed by atoms with Crippen LogP contribution in [0, 0.1) is 5.41 Å². The number of halogens is 2. The van der Waals surface area contributed by atoms with Gasteiger partial charge < -0.3 is 9.73 Å². The van der Waals surface area contributed by atoms with Crippen molar-refractivity contribution in [2.75, 3.05) is 11.9 Å². The Hall–Kier alpha value is -0.290. The molecule has 1 aromatic rings. The first kappa shape index (κ1) is 14.8. The minimum atomic E-state index is -0.0995. The molecule has 3 nitrogen and oxygen atoms in total. The van der Waals surface area contributed by atoms with Gasteiger partial charge in [0, 0.05) is 11.9 Å². The fourth-order valence-corrected chi connectivity index (χ4v) is 2.20. The molecule has 1 aromatic heterocycles.